The lowest BCUT2D eigenvalue weighted by molar-refractivity contribution is -0.386. The molecule has 9 nitrogen and oxygen atoms in total. The first-order valence-electron chi connectivity index (χ1n) is 10.4. The third-order valence-corrected chi connectivity index (χ3v) is 4.65. The van der Waals surface area contributed by atoms with E-state index in [-0.39, 0.29) is 29.5 Å². The molecule has 172 valence electrons. The van der Waals surface area contributed by atoms with Crippen LogP contribution in [0.2, 0.25) is 0 Å². The van der Waals surface area contributed by atoms with Crippen molar-refractivity contribution in [3.8, 4) is 17.2 Å². The largest absolute Gasteiger partial charge is 0.497 e. The molecule has 0 aliphatic heterocycles. The third kappa shape index (κ3) is 7.57. The van der Waals surface area contributed by atoms with Gasteiger partial charge in [0.1, 0.15) is 5.75 Å². The molecule has 0 heterocycles. The molecule has 1 N–H and O–H groups in total. The van der Waals surface area contributed by atoms with Gasteiger partial charge in [-0.3, -0.25) is 14.9 Å². The second-order valence-corrected chi connectivity index (χ2v) is 7.06. The molecule has 0 aliphatic rings. The molecule has 0 unspecified atom stereocenters. The highest BCUT2D eigenvalue weighted by Gasteiger charge is 2.22. The van der Waals surface area contributed by atoms with Gasteiger partial charge >= 0.3 is 5.69 Å². The van der Waals surface area contributed by atoms with E-state index in [0.717, 1.165) is 31.2 Å². The Bertz CT molecular complexity index is 928. The second kappa shape index (κ2) is 12.9. The number of carbonyl (C=O) groups excluding carboxylic acids is 1. The first-order chi connectivity index (χ1) is 15.5. The standard InChI is InChI=1S/C23H29N3O6/c1-4-5-6-7-12-32-23-20(26(28)29)13-18(14-21(23)31-3)16-24-25-22(27)15-17-8-10-19(30-2)11-9-17/h8-11,13-14,16H,4-7,12,15H2,1-3H3,(H,25,27)/b24-16-. The Morgan fingerprint density at radius 3 is 2.50 bits per heavy atom. The van der Waals surface area contributed by atoms with Crippen LogP contribution >= 0.6 is 0 Å². The second-order valence-electron chi connectivity index (χ2n) is 7.06. The average molecular weight is 444 g/mol. The van der Waals surface area contributed by atoms with Crippen molar-refractivity contribution in [1.82, 2.24) is 5.43 Å². The summed E-state index contributed by atoms with van der Waals surface area (Å²) in [6.45, 7) is 2.47. The number of nitrogens with zero attached hydrogens (tertiary/aromatic N) is 2. The van der Waals surface area contributed by atoms with Crippen molar-refractivity contribution in [2.24, 2.45) is 5.10 Å². The molecule has 0 bridgehead atoms. The van der Waals surface area contributed by atoms with Crippen molar-refractivity contribution in [2.45, 2.75) is 39.0 Å². The summed E-state index contributed by atoms with van der Waals surface area (Å²) >= 11 is 0. The molecule has 2 aromatic rings. The van der Waals surface area contributed by atoms with E-state index in [1.54, 1.807) is 37.4 Å². The number of benzene rings is 2. The minimum atomic E-state index is -0.524. The molecule has 0 spiro atoms. The highest BCUT2D eigenvalue weighted by Crippen LogP contribution is 2.38. The molecular formula is C23H29N3O6. The number of ether oxygens (including phenoxy) is 3. The van der Waals surface area contributed by atoms with Crippen LogP contribution in [-0.4, -0.2) is 37.9 Å². The van der Waals surface area contributed by atoms with Gasteiger partial charge in [-0.25, -0.2) is 5.43 Å². The maximum atomic E-state index is 12.1. The first-order valence-corrected chi connectivity index (χ1v) is 10.4. The third-order valence-electron chi connectivity index (χ3n) is 4.65. The lowest BCUT2D eigenvalue weighted by Crippen LogP contribution is -2.19. The number of carbonyl (C=O) groups is 1. The topological polar surface area (TPSA) is 112 Å². The molecule has 0 saturated heterocycles. The van der Waals surface area contributed by atoms with Crippen LogP contribution in [0.4, 0.5) is 5.69 Å². The van der Waals surface area contributed by atoms with Gasteiger partial charge in [0.25, 0.3) is 0 Å². The Balaban J connectivity index is 2.04. The smallest absolute Gasteiger partial charge is 0.315 e. The monoisotopic (exact) mass is 443 g/mol. The minimum absolute atomic E-state index is 0.0923. The van der Waals surface area contributed by atoms with Gasteiger partial charge in [-0.1, -0.05) is 38.3 Å². The molecule has 0 radical (unpaired) electrons. The number of hydrazone groups is 1. The molecule has 0 atom stereocenters. The maximum absolute atomic E-state index is 12.1. The zero-order valence-corrected chi connectivity index (χ0v) is 18.6. The summed E-state index contributed by atoms with van der Waals surface area (Å²) in [5.74, 6) is 0.714. The molecule has 0 aromatic heterocycles. The molecule has 0 saturated carbocycles. The van der Waals surface area contributed by atoms with Gasteiger partial charge in [-0.05, 0) is 30.2 Å². The van der Waals surface area contributed by atoms with Gasteiger partial charge in [-0.2, -0.15) is 5.10 Å². The molecule has 2 aromatic carbocycles. The molecular weight excluding hydrogens is 414 g/mol. The van der Waals surface area contributed by atoms with Crippen LogP contribution in [0.5, 0.6) is 17.2 Å². The fraction of sp³-hybridized carbons (Fsp3) is 0.391. The van der Waals surface area contributed by atoms with Crippen molar-refractivity contribution in [2.75, 3.05) is 20.8 Å². The predicted octanol–water partition coefficient (Wildman–Crippen LogP) is 4.26. The van der Waals surface area contributed by atoms with Gasteiger partial charge in [0.05, 0.1) is 38.4 Å². The van der Waals surface area contributed by atoms with E-state index in [4.69, 9.17) is 14.2 Å². The molecule has 2 rings (SSSR count). The Kier molecular flexibility index (Phi) is 9.96. The van der Waals surface area contributed by atoms with Crippen LogP contribution in [0.25, 0.3) is 0 Å². The van der Waals surface area contributed by atoms with E-state index >= 15 is 0 Å². The number of methoxy groups -OCH3 is 2. The van der Waals surface area contributed by atoms with Crippen LogP contribution < -0.4 is 19.6 Å². The van der Waals surface area contributed by atoms with E-state index in [0.29, 0.717) is 17.9 Å². The quantitative estimate of drug-likeness (QED) is 0.214. The van der Waals surface area contributed by atoms with Crippen molar-refractivity contribution in [1.29, 1.82) is 0 Å². The van der Waals surface area contributed by atoms with Gasteiger partial charge in [-0.15, -0.1) is 0 Å². The SMILES string of the molecule is CCCCCCOc1c(OC)cc(/C=N\NC(=O)Cc2ccc(OC)cc2)cc1[N+](=O)[O-]. The average Bonchev–Trinajstić information content (AvgIpc) is 2.79. The summed E-state index contributed by atoms with van der Waals surface area (Å²) in [4.78, 5) is 23.1. The lowest BCUT2D eigenvalue weighted by Gasteiger charge is -2.12. The van der Waals surface area contributed by atoms with Crippen molar-refractivity contribution in [3.63, 3.8) is 0 Å². The number of amides is 1. The van der Waals surface area contributed by atoms with Gasteiger partial charge in [0, 0.05) is 11.6 Å². The van der Waals surface area contributed by atoms with Crippen molar-refractivity contribution < 1.29 is 23.9 Å². The van der Waals surface area contributed by atoms with Crippen LogP contribution in [0, 0.1) is 10.1 Å². The Morgan fingerprint density at radius 1 is 1.12 bits per heavy atom. The number of rotatable bonds is 13. The van der Waals surface area contributed by atoms with Crippen LogP contribution in [0.1, 0.15) is 43.7 Å². The van der Waals surface area contributed by atoms with Gasteiger partial charge in [0.15, 0.2) is 5.75 Å². The van der Waals surface area contributed by atoms with Crippen molar-refractivity contribution >= 4 is 17.8 Å². The summed E-state index contributed by atoms with van der Waals surface area (Å²) in [6.07, 6.45) is 5.43. The maximum Gasteiger partial charge on any atom is 0.315 e. The Labute approximate surface area is 187 Å². The number of nitrogens with one attached hydrogen (secondary N) is 1. The summed E-state index contributed by atoms with van der Waals surface area (Å²) in [5, 5.41) is 15.5. The van der Waals surface area contributed by atoms with E-state index in [9.17, 15) is 14.9 Å². The molecule has 9 heteroatoms. The normalized spacial score (nSPS) is 10.7. The number of hydrogen-bond donors (Lipinski definition) is 1. The summed E-state index contributed by atoms with van der Waals surface area (Å²) in [7, 11) is 2.99. The zero-order chi connectivity index (χ0) is 23.3. The van der Waals surface area contributed by atoms with E-state index in [2.05, 4.69) is 17.5 Å². The summed E-state index contributed by atoms with van der Waals surface area (Å²) in [6, 6.07) is 10.0. The van der Waals surface area contributed by atoms with Gasteiger partial charge in [0.2, 0.25) is 11.7 Å². The Hall–Kier alpha value is -3.62. The van der Waals surface area contributed by atoms with E-state index in [1.807, 2.05) is 0 Å². The first kappa shape index (κ1) is 24.6. The fourth-order valence-corrected chi connectivity index (χ4v) is 2.97. The van der Waals surface area contributed by atoms with Crippen LogP contribution in [0.15, 0.2) is 41.5 Å². The lowest BCUT2D eigenvalue weighted by atomic mass is 10.1. The van der Waals surface area contributed by atoms with Gasteiger partial charge < -0.3 is 14.2 Å². The van der Waals surface area contributed by atoms with E-state index in [1.165, 1.54) is 19.4 Å². The van der Waals surface area contributed by atoms with Crippen LogP contribution in [0.3, 0.4) is 0 Å². The number of nitro benzene ring substituents is 1. The zero-order valence-electron chi connectivity index (χ0n) is 18.6. The summed E-state index contributed by atoms with van der Waals surface area (Å²) < 4.78 is 16.0. The highest BCUT2D eigenvalue weighted by atomic mass is 16.6. The summed E-state index contributed by atoms with van der Waals surface area (Å²) in [5.41, 5.74) is 3.41. The van der Waals surface area contributed by atoms with Crippen LogP contribution in [-0.2, 0) is 11.2 Å². The van der Waals surface area contributed by atoms with Crippen molar-refractivity contribution in [3.05, 3.63) is 57.6 Å². The number of unbranched alkanes of at least 4 members (excludes halogenated alkanes) is 3. The molecule has 0 aliphatic carbocycles. The minimum Gasteiger partial charge on any atom is -0.497 e. The van der Waals surface area contributed by atoms with E-state index < -0.39 is 4.92 Å². The predicted molar refractivity (Wildman–Crippen MR) is 122 cm³/mol. The highest BCUT2D eigenvalue weighted by molar-refractivity contribution is 5.85. The Morgan fingerprint density at radius 2 is 1.88 bits per heavy atom. The number of nitro groups is 1. The molecule has 0 fully saturated rings. The molecule has 32 heavy (non-hydrogen) atoms. The molecule has 1 amide bonds. The number of hydrogen-bond acceptors (Lipinski definition) is 7. The fourth-order valence-electron chi connectivity index (χ4n) is 2.97.